The Hall–Kier alpha value is -0.970. The largest absolute Gasteiger partial charge is 0.337 e. The maximum absolute atomic E-state index is 11.3. The third-order valence-electron chi connectivity index (χ3n) is 1.83. The molecule has 0 spiro atoms. The van der Waals surface area contributed by atoms with Gasteiger partial charge in [-0.25, -0.2) is 15.2 Å². The number of hydrazine groups is 1. The number of carbonyl (C=O) groups is 1. The van der Waals surface area contributed by atoms with Crippen molar-refractivity contribution in [2.24, 2.45) is 0 Å². The Bertz CT molecular complexity index is 383. The van der Waals surface area contributed by atoms with Crippen molar-refractivity contribution < 1.29 is 4.79 Å². The first-order valence-corrected chi connectivity index (χ1v) is 4.70. The quantitative estimate of drug-likeness (QED) is 0.777. The molecular weight excluding hydrogens is 225 g/mol. The highest BCUT2D eigenvalue weighted by Gasteiger charge is 2.22. The molecule has 0 saturated carbocycles. The van der Waals surface area contributed by atoms with E-state index in [1.807, 2.05) is 0 Å². The van der Waals surface area contributed by atoms with Gasteiger partial charge >= 0.3 is 6.03 Å². The fraction of sp³-hybridized carbons (Fsp3) is 0.125. The van der Waals surface area contributed by atoms with Crippen molar-refractivity contribution in [2.75, 3.05) is 11.7 Å². The molecule has 1 heterocycles. The van der Waals surface area contributed by atoms with Crippen LogP contribution in [0.4, 0.5) is 10.5 Å². The molecule has 1 aromatic carbocycles. The Morgan fingerprint density at radius 3 is 2.71 bits per heavy atom. The Kier molecular flexibility index (Phi) is 2.50. The molecule has 1 fully saturated rings. The number of amides is 2. The summed E-state index contributed by atoms with van der Waals surface area (Å²) in [6.45, 7) is 0.401. The summed E-state index contributed by atoms with van der Waals surface area (Å²) in [5, 5.41) is 4.91. The third kappa shape index (κ3) is 1.64. The van der Waals surface area contributed by atoms with E-state index in [2.05, 4.69) is 10.7 Å². The lowest BCUT2D eigenvalue weighted by atomic mass is 10.3. The van der Waals surface area contributed by atoms with Crippen molar-refractivity contribution in [3.63, 3.8) is 0 Å². The summed E-state index contributed by atoms with van der Waals surface area (Å²) >= 11 is 11.7. The first-order valence-electron chi connectivity index (χ1n) is 3.95. The number of anilines is 1. The fourth-order valence-electron chi connectivity index (χ4n) is 1.20. The number of nitrogens with one attached hydrogen (secondary N) is 2. The van der Waals surface area contributed by atoms with Crippen molar-refractivity contribution >= 4 is 34.9 Å². The minimum absolute atomic E-state index is 0.228. The second-order valence-corrected chi connectivity index (χ2v) is 3.59. The molecule has 14 heavy (non-hydrogen) atoms. The van der Waals surface area contributed by atoms with E-state index < -0.39 is 0 Å². The van der Waals surface area contributed by atoms with E-state index in [4.69, 9.17) is 23.2 Å². The Morgan fingerprint density at radius 1 is 1.36 bits per heavy atom. The molecule has 1 saturated heterocycles. The molecule has 0 aromatic heterocycles. The second kappa shape index (κ2) is 3.65. The van der Waals surface area contributed by atoms with Crippen LogP contribution in [0.2, 0.25) is 10.0 Å². The number of rotatable bonds is 1. The molecule has 0 unspecified atom stereocenters. The summed E-state index contributed by atoms with van der Waals surface area (Å²) in [6, 6.07) is 4.72. The average molecular weight is 232 g/mol. The van der Waals surface area contributed by atoms with Crippen LogP contribution in [0.25, 0.3) is 0 Å². The molecule has 2 N–H and O–H groups in total. The van der Waals surface area contributed by atoms with Crippen LogP contribution in [0.3, 0.4) is 0 Å². The molecular formula is C8H7Cl2N3O. The van der Waals surface area contributed by atoms with Crippen LogP contribution in [0.15, 0.2) is 18.2 Å². The SMILES string of the molecule is O=C1NCNN1c1ccc(Cl)cc1Cl. The van der Waals surface area contributed by atoms with E-state index in [9.17, 15) is 4.79 Å². The number of benzene rings is 1. The van der Waals surface area contributed by atoms with E-state index in [-0.39, 0.29) is 6.03 Å². The third-order valence-corrected chi connectivity index (χ3v) is 2.37. The van der Waals surface area contributed by atoms with E-state index in [1.54, 1.807) is 18.2 Å². The van der Waals surface area contributed by atoms with E-state index >= 15 is 0 Å². The van der Waals surface area contributed by atoms with Crippen LogP contribution < -0.4 is 15.8 Å². The van der Waals surface area contributed by atoms with Gasteiger partial charge in [0.2, 0.25) is 0 Å². The van der Waals surface area contributed by atoms with Crippen LogP contribution in [0.1, 0.15) is 0 Å². The van der Waals surface area contributed by atoms with Gasteiger partial charge in [-0.05, 0) is 18.2 Å². The lowest BCUT2D eigenvalue weighted by molar-refractivity contribution is 0.251. The van der Waals surface area contributed by atoms with Gasteiger partial charge in [0.05, 0.1) is 17.4 Å². The van der Waals surface area contributed by atoms with Gasteiger partial charge in [0.1, 0.15) is 0 Å². The molecule has 0 radical (unpaired) electrons. The maximum Gasteiger partial charge on any atom is 0.337 e. The normalized spacial score (nSPS) is 15.9. The smallest absolute Gasteiger partial charge is 0.322 e. The number of urea groups is 1. The molecule has 2 rings (SSSR count). The molecule has 0 bridgehead atoms. The van der Waals surface area contributed by atoms with Crippen molar-refractivity contribution in [1.29, 1.82) is 0 Å². The predicted molar refractivity (Wildman–Crippen MR) is 55.5 cm³/mol. The summed E-state index contributed by atoms with van der Waals surface area (Å²) in [6.07, 6.45) is 0. The van der Waals surface area contributed by atoms with Gasteiger partial charge in [0.15, 0.2) is 0 Å². The van der Waals surface area contributed by atoms with Gasteiger partial charge in [-0.15, -0.1) is 0 Å². The summed E-state index contributed by atoms with van der Waals surface area (Å²) in [5.74, 6) is 0. The lowest BCUT2D eigenvalue weighted by Gasteiger charge is -2.15. The first-order chi connectivity index (χ1) is 6.68. The molecule has 74 valence electrons. The average Bonchev–Trinajstić information content (AvgIpc) is 2.52. The summed E-state index contributed by atoms with van der Waals surface area (Å²) in [4.78, 5) is 11.3. The number of nitrogens with zero attached hydrogens (tertiary/aromatic N) is 1. The zero-order valence-corrected chi connectivity index (χ0v) is 8.56. The van der Waals surface area contributed by atoms with Crippen LogP contribution in [0.5, 0.6) is 0 Å². The van der Waals surface area contributed by atoms with Gasteiger partial charge in [-0.2, -0.15) is 0 Å². The molecule has 0 aliphatic carbocycles. The minimum Gasteiger partial charge on any atom is -0.322 e. The van der Waals surface area contributed by atoms with Gasteiger partial charge in [-0.3, -0.25) is 0 Å². The predicted octanol–water partition coefficient (Wildman–Crippen LogP) is 1.99. The number of halogens is 2. The standard InChI is InChI=1S/C8H7Cl2N3O/c9-5-1-2-7(6(10)3-5)13-8(14)11-4-12-13/h1-3,12H,4H2,(H,11,14). The Balaban J connectivity index is 2.36. The van der Waals surface area contributed by atoms with Crippen LogP contribution in [0, 0.1) is 0 Å². The van der Waals surface area contributed by atoms with Crippen molar-refractivity contribution in [3.05, 3.63) is 28.2 Å². The number of hydrogen-bond donors (Lipinski definition) is 2. The monoisotopic (exact) mass is 231 g/mol. The van der Waals surface area contributed by atoms with Crippen molar-refractivity contribution in [2.45, 2.75) is 0 Å². The van der Waals surface area contributed by atoms with Crippen LogP contribution in [-0.2, 0) is 0 Å². The van der Waals surface area contributed by atoms with E-state index in [0.29, 0.717) is 22.4 Å². The lowest BCUT2D eigenvalue weighted by Crippen LogP contribution is -2.34. The molecule has 4 nitrogen and oxygen atoms in total. The molecule has 1 aromatic rings. The first kappa shape index (κ1) is 9.58. The fourth-order valence-corrected chi connectivity index (χ4v) is 1.70. The maximum atomic E-state index is 11.3. The van der Waals surface area contributed by atoms with Gasteiger partial charge in [0.25, 0.3) is 0 Å². The van der Waals surface area contributed by atoms with Gasteiger partial charge in [-0.1, -0.05) is 23.2 Å². The molecule has 1 aliphatic rings. The van der Waals surface area contributed by atoms with E-state index in [0.717, 1.165) is 0 Å². The topological polar surface area (TPSA) is 44.4 Å². The van der Waals surface area contributed by atoms with Crippen LogP contribution in [-0.4, -0.2) is 12.7 Å². The summed E-state index contributed by atoms with van der Waals surface area (Å²) < 4.78 is 0. The highest BCUT2D eigenvalue weighted by atomic mass is 35.5. The Labute approximate surface area is 90.8 Å². The van der Waals surface area contributed by atoms with E-state index in [1.165, 1.54) is 5.01 Å². The van der Waals surface area contributed by atoms with Gasteiger partial charge < -0.3 is 5.32 Å². The molecule has 1 aliphatic heterocycles. The molecule has 2 amide bonds. The molecule has 6 heteroatoms. The summed E-state index contributed by atoms with van der Waals surface area (Å²) in [5.41, 5.74) is 3.42. The van der Waals surface area contributed by atoms with Crippen LogP contribution >= 0.6 is 23.2 Å². The summed E-state index contributed by atoms with van der Waals surface area (Å²) in [7, 11) is 0. The zero-order valence-electron chi connectivity index (χ0n) is 7.05. The van der Waals surface area contributed by atoms with Gasteiger partial charge in [0, 0.05) is 5.02 Å². The zero-order chi connectivity index (χ0) is 10.1. The minimum atomic E-state index is -0.228. The highest BCUT2D eigenvalue weighted by Crippen LogP contribution is 2.28. The number of hydrogen-bond acceptors (Lipinski definition) is 2. The van der Waals surface area contributed by atoms with Crippen molar-refractivity contribution in [3.8, 4) is 0 Å². The molecule has 0 atom stereocenters. The number of carbonyl (C=O) groups excluding carboxylic acids is 1. The Morgan fingerprint density at radius 2 is 2.14 bits per heavy atom. The highest BCUT2D eigenvalue weighted by molar-refractivity contribution is 6.36. The van der Waals surface area contributed by atoms with Crippen molar-refractivity contribution in [1.82, 2.24) is 10.7 Å². The second-order valence-electron chi connectivity index (χ2n) is 2.75.